The van der Waals surface area contributed by atoms with E-state index in [2.05, 4.69) is 33.6 Å². The van der Waals surface area contributed by atoms with Crippen LogP contribution in [0.1, 0.15) is 31.2 Å². The van der Waals surface area contributed by atoms with Gasteiger partial charge in [0.05, 0.1) is 11.5 Å². The van der Waals surface area contributed by atoms with E-state index in [1.807, 2.05) is 6.07 Å². The Hall–Kier alpha value is -1.36. The molecule has 2 aliphatic rings. The highest BCUT2D eigenvalue weighted by Gasteiger charge is 2.49. The van der Waals surface area contributed by atoms with E-state index in [1.165, 1.54) is 4.90 Å². The van der Waals surface area contributed by atoms with Crippen molar-refractivity contribution in [2.75, 3.05) is 0 Å². The van der Waals surface area contributed by atoms with Crippen LogP contribution in [0.4, 0.5) is 4.79 Å². The number of halogens is 1. The maximum absolute atomic E-state index is 11.2. The Morgan fingerprint density at radius 1 is 1.45 bits per heavy atom. The third-order valence-electron chi connectivity index (χ3n) is 4.47. The molecule has 1 aromatic heterocycles. The van der Waals surface area contributed by atoms with Gasteiger partial charge >= 0.3 is 0 Å². The van der Waals surface area contributed by atoms with E-state index in [4.69, 9.17) is 0 Å². The van der Waals surface area contributed by atoms with Gasteiger partial charge in [0, 0.05) is 28.0 Å². The van der Waals surface area contributed by atoms with Crippen molar-refractivity contribution < 1.29 is 9.90 Å². The van der Waals surface area contributed by atoms with Gasteiger partial charge in [-0.3, -0.25) is 4.98 Å². The largest absolute Gasteiger partial charge is 0.530 e. The normalized spacial score (nSPS) is 31.9. The quantitative estimate of drug-likeness (QED) is 0.689. The minimum Gasteiger partial charge on any atom is -0.530 e. The van der Waals surface area contributed by atoms with Crippen LogP contribution in [0.3, 0.4) is 0 Å². The van der Waals surface area contributed by atoms with Crippen LogP contribution >= 0.6 is 22.6 Å². The Balaban J connectivity index is 1.98. The molecular formula is C14H13IN3O2-. The first kappa shape index (κ1) is 13.6. The number of rotatable bonds is 1. The lowest BCUT2D eigenvalue weighted by molar-refractivity contribution is -0.270. The number of carbonyl (C=O) groups excluding carboxylic acids is 1. The van der Waals surface area contributed by atoms with Gasteiger partial charge < -0.3 is 14.8 Å². The van der Waals surface area contributed by atoms with E-state index in [0.717, 1.165) is 22.0 Å². The highest BCUT2D eigenvalue weighted by Crippen LogP contribution is 2.46. The van der Waals surface area contributed by atoms with Crippen LogP contribution in [-0.4, -0.2) is 28.1 Å². The first-order valence-corrected chi connectivity index (χ1v) is 7.65. The topological polar surface area (TPSA) is 80.0 Å². The van der Waals surface area contributed by atoms with E-state index < -0.39 is 11.5 Å². The molecule has 1 unspecified atom stereocenters. The summed E-state index contributed by atoms with van der Waals surface area (Å²) >= 11 is 2.18. The van der Waals surface area contributed by atoms with Gasteiger partial charge in [-0.1, -0.05) is 0 Å². The molecular weight excluding hydrogens is 369 g/mol. The molecule has 0 radical (unpaired) electrons. The molecule has 0 aliphatic carbocycles. The zero-order chi connectivity index (χ0) is 14.3. The van der Waals surface area contributed by atoms with Crippen LogP contribution < -0.4 is 5.11 Å². The van der Waals surface area contributed by atoms with Gasteiger partial charge in [-0.15, -0.1) is 0 Å². The SMILES string of the molecule is N#CC1(c2cncc(I)c2)C[C@H]2CC[C@@H](C1)N2C(=O)[O-]. The highest BCUT2D eigenvalue weighted by molar-refractivity contribution is 14.1. The number of pyridine rings is 1. The lowest BCUT2D eigenvalue weighted by atomic mass is 9.71. The monoisotopic (exact) mass is 382 g/mol. The molecule has 0 saturated carbocycles. The van der Waals surface area contributed by atoms with Crippen molar-refractivity contribution in [3.8, 4) is 6.07 Å². The van der Waals surface area contributed by atoms with Gasteiger partial charge in [0.25, 0.3) is 0 Å². The number of nitriles is 1. The number of hydrogen-bond donors (Lipinski definition) is 0. The number of carboxylic acid groups (broad SMARTS) is 1. The molecule has 3 heterocycles. The third-order valence-corrected chi connectivity index (χ3v) is 5.06. The number of fused-ring (bicyclic) bond motifs is 2. The standard InChI is InChI=1S/C14H14IN3O2/c15-10-3-9(6-17-7-10)14(8-16)4-11-1-2-12(5-14)18(11)13(19)20/h3,6-7,11-12H,1-2,4-5H2,(H,19,20)/p-1/t11-,12+,14?. The second kappa shape index (κ2) is 4.88. The van der Waals surface area contributed by atoms with Crippen molar-refractivity contribution in [2.45, 2.75) is 43.2 Å². The van der Waals surface area contributed by atoms with Crippen molar-refractivity contribution in [2.24, 2.45) is 0 Å². The zero-order valence-corrected chi connectivity index (χ0v) is 12.9. The molecule has 0 spiro atoms. The summed E-state index contributed by atoms with van der Waals surface area (Å²) in [7, 11) is 0. The first-order chi connectivity index (χ1) is 9.55. The van der Waals surface area contributed by atoms with Gasteiger partial charge in [0.2, 0.25) is 0 Å². The average molecular weight is 382 g/mol. The van der Waals surface area contributed by atoms with Crippen LogP contribution in [0, 0.1) is 14.9 Å². The Kier molecular flexibility index (Phi) is 3.32. The van der Waals surface area contributed by atoms with Gasteiger partial charge in [-0.05, 0) is 59.9 Å². The summed E-state index contributed by atoms with van der Waals surface area (Å²) in [6, 6.07) is 4.21. The van der Waals surface area contributed by atoms with Crippen LogP contribution in [0.15, 0.2) is 18.5 Å². The van der Waals surface area contributed by atoms with Gasteiger partial charge in [-0.2, -0.15) is 5.26 Å². The summed E-state index contributed by atoms with van der Waals surface area (Å²) in [6.45, 7) is 0. The predicted molar refractivity (Wildman–Crippen MR) is 77.5 cm³/mol. The third kappa shape index (κ3) is 2.04. The minimum atomic E-state index is -1.11. The number of piperidine rings is 1. The second-order valence-electron chi connectivity index (χ2n) is 5.55. The van der Waals surface area contributed by atoms with Crippen molar-refractivity contribution in [1.82, 2.24) is 9.88 Å². The fourth-order valence-corrected chi connectivity index (χ4v) is 4.11. The van der Waals surface area contributed by atoms with E-state index in [9.17, 15) is 15.2 Å². The molecule has 104 valence electrons. The summed E-state index contributed by atoms with van der Waals surface area (Å²) < 4.78 is 0.990. The zero-order valence-electron chi connectivity index (χ0n) is 10.8. The van der Waals surface area contributed by atoms with Gasteiger partial charge in [0.15, 0.2) is 0 Å². The van der Waals surface area contributed by atoms with E-state index >= 15 is 0 Å². The van der Waals surface area contributed by atoms with Crippen molar-refractivity contribution >= 4 is 28.7 Å². The molecule has 2 bridgehead atoms. The molecule has 1 aromatic rings. The van der Waals surface area contributed by atoms with Crippen molar-refractivity contribution in [3.63, 3.8) is 0 Å². The van der Waals surface area contributed by atoms with Crippen LogP contribution in [-0.2, 0) is 5.41 Å². The number of carbonyl (C=O) groups is 1. The summed E-state index contributed by atoms with van der Waals surface area (Å²) in [5.41, 5.74) is 0.285. The fourth-order valence-electron chi connectivity index (χ4n) is 3.61. The Labute approximate surface area is 130 Å². The molecule has 20 heavy (non-hydrogen) atoms. The number of amides is 1. The lowest BCUT2D eigenvalue weighted by Gasteiger charge is -2.44. The Bertz CT molecular complexity index is 584. The van der Waals surface area contributed by atoms with Crippen LogP contribution in [0.5, 0.6) is 0 Å². The van der Waals surface area contributed by atoms with Gasteiger partial charge in [0.1, 0.15) is 6.09 Å². The lowest BCUT2D eigenvalue weighted by Crippen LogP contribution is -2.55. The maximum atomic E-state index is 11.2. The molecule has 2 saturated heterocycles. The molecule has 1 amide bonds. The predicted octanol–water partition coefficient (Wildman–Crippen LogP) is 1.42. The van der Waals surface area contributed by atoms with E-state index in [1.54, 1.807) is 12.4 Å². The van der Waals surface area contributed by atoms with Crippen molar-refractivity contribution in [1.29, 1.82) is 5.26 Å². The molecule has 3 rings (SSSR count). The molecule has 3 atom stereocenters. The highest BCUT2D eigenvalue weighted by atomic mass is 127. The molecule has 2 aliphatic heterocycles. The molecule has 2 fully saturated rings. The Morgan fingerprint density at radius 2 is 2.10 bits per heavy atom. The minimum absolute atomic E-state index is 0.101. The van der Waals surface area contributed by atoms with Gasteiger partial charge in [-0.25, -0.2) is 0 Å². The van der Waals surface area contributed by atoms with Crippen LogP contribution in [0.2, 0.25) is 0 Å². The molecule has 5 nitrogen and oxygen atoms in total. The number of nitrogens with zero attached hydrogens (tertiary/aromatic N) is 3. The summed E-state index contributed by atoms with van der Waals surface area (Å²) in [6.07, 6.45) is 5.09. The number of aromatic nitrogens is 1. The van der Waals surface area contributed by atoms with E-state index in [-0.39, 0.29) is 12.1 Å². The second-order valence-corrected chi connectivity index (χ2v) is 6.80. The fraction of sp³-hybridized carbons (Fsp3) is 0.500. The Morgan fingerprint density at radius 3 is 2.60 bits per heavy atom. The summed E-state index contributed by atoms with van der Waals surface area (Å²) in [5, 5.41) is 20.9. The molecule has 0 aromatic carbocycles. The molecule has 0 N–H and O–H groups in total. The first-order valence-electron chi connectivity index (χ1n) is 6.57. The summed E-state index contributed by atoms with van der Waals surface area (Å²) in [5.74, 6) is 0. The van der Waals surface area contributed by atoms with Crippen LogP contribution in [0.25, 0.3) is 0 Å². The molecule has 6 heteroatoms. The number of hydrogen-bond acceptors (Lipinski definition) is 4. The van der Waals surface area contributed by atoms with E-state index in [0.29, 0.717) is 12.8 Å². The smallest absolute Gasteiger partial charge is 0.137 e. The summed E-state index contributed by atoms with van der Waals surface area (Å²) in [4.78, 5) is 16.8. The van der Waals surface area contributed by atoms with Crippen molar-refractivity contribution in [3.05, 3.63) is 27.6 Å². The average Bonchev–Trinajstić information content (AvgIpc) is 2.71. The maximum Gasteiger partial charge on any atom is 0.137 e.